The number of hydrogen-bond acceptors (Lipinski definition) is 3. The third kappa shape index (κ3) is 4.01. The van der Waals surface area contributed by atoms with E-state index in [1.165, 1.54) is 29.7 Å². The normalized spacial score (nSPS) is 23.4. The molecule has 100 valence electrons. The molecule has 0 saturated heterocycles. The van der Waals surface area contributed by atoms with Crippen LogP contribution in [0.2, 0.25) is 0 Å². The lowest BCUT2D eigenvalue weighted by Crippen LogP contribution is -2.41. The second-order valence-corrected chi connectivity index (χ2v) is 6.32. The van der Waals surface area contributed by atoms with Crippen LogP contribution in [-0.4, -0.2) is 24.4 Å². The van der Waals surface area contributed by atoms with Gasteiger partial charge in [-0.3, -0.25) is 0 Å². The molecule has 1 aromatic rings. The zero-order valence-electron chi connectivity index (χ0n) is 11.2. The molecule has 0 amide bonds. The predicted molar refractivity (Wildman–Crippen MR) is 80.2 cm³/mol. The molecule has 2 rings (SSSR count). The van der Waals surface area contributed by atoms with E-state index in [-0.39, 0.29) is 0 Å². The van der Waals surface area contributed by atoms with E-state index < -0.39 is 0 Å². The summed E-state index contributed by atoms with van der Waals surface area (Å²) in [5.41, 5.74) is 7.46. The molecule has 3 N–H and O–H groups in total. The van der Waals surface area contributed by atoms with Gasteiger partial charge in [-0.25, -0.2) is 0 Å². The average Bonchev–Trinajstić information content (AvgIpc) is 2.78. The summed E-state index contributed by atoms with van der Waals surface area (Å²) in [7, 11) is 0. The van der Waals surface area contributed by atoms with Crippen LogP contribution in [0.3, 0.4) is 0 Å². The molecule has 0 aromatic heterocycles. The van der Waals surface area contributed by atoms with Gasteiger partial charge < -0.3 is 11.1 Å². The van der Waals surface area contributed by atoms with Crippen molar-refractivity contribution in [3.63, 3.8) is 0 Å². The van der Waals surface area contributed by atoms with Crippen molar-refractivity contribution in [2.24, 2.45) is 5.73 Å². The van der Waals surface area contributed by atoms with Crippen LogP contribution in [0.25, 0.3) is 0 Å². The SMILES string of the molecule is CCSc1ccc(CCNC2CCCC2N)cc1. The van der Waals surface area contributed by atoms with Crippen molar-refractivity contribution in [3.05, 3.63) is 29.8 Å². The van der Waals surface area contributed by atoms with Crippen molar-refractivity contribution < 1.29 is 0 Å². The Morgan fingerprint density at radius 3 is 2.67 bits per heavy atom. The molecule has 0 bridgehead atoms. The minimum atomic E-state index is 0.369. The molecule has 1 aromatic carbocycles. The van der Waals surface area contributed by atoms with Crippen LogP contribution in [0.15, 0.2) is 29.2 Å². The largest absolute Gasteiger partial charge is 0.326 e. The Labute approximate surface area is 115 Å². The molecule has 1 fully saturated rings. The fourth-order valence-electron chi connectivity index (χ4n) is 2.56. The fourth-order valence-corrected chi connectivity index (χ4v) is 3.22. The first kappa shape index (κ1) is 13.9. The summed E-state index contributed by atoms with van der Waals surface area (Å²) in [6.45, 7) is 3.23. The standard InChI is InChI=1S/C15H24N2S/c1-2-18-13-8-6-12(7-9-13)10-11-17-15-5-3-4-14(15)16/h6-9,14-15,17H,2-5,10-11,16H2,1H3. The van der Waals surface area contributed by atoms with E-state index in [9.17, 15) is 0 Å². The van der Waals surface area contributed by atoms with Gasteiger partial charge in [0.2, 0.25) is 0 Å². The van der Waals surface area contributed by atoms with E-state index in [0.717, 1.165) is 18.7 Å². The minimum absolute atomic E-state index is 0.369. The smallest absolute Gasteiger partial charge is 0.0219 e. The molecule has 1 aliphatic rings. The molecule has 0 spiro atoms. The van der Waals surface area contributed by atoms with Crippen molar-refractivity contribution in [2.75, 3.05) is 12.3 Å². The van der Waals surface area contributed by atoms with Gasteiger partial charge in [-0.2, -0.15) is 0 Å². The minimum Gasteiger partial charge on any atom is -0.326 e. The number of benzene rings is 1. The fraction of sp³-hybridized carbons (Fsp3) is 0.600. The molecule has 0 heterocycles. The van der Waals surface area contributed by atoms with Crippen molar-refractivity contribution in [1.29, 1.82) is 0 Å². The Morgan fingerprint density at radius 1 is 1.28 bits per heavy atom. The Bertz CT molecular complexity index is 350. The topological polar surface area (TPSA) is 38.0 Å². The van der Waals surface area contributed by atoms with Gasteiger partial charge in [-0.1, -0.05) is 25.5 Å². The molecule has 0 radical (unpaired) electrons. The Morgan fingerprint density at radius 2 is 2.06 bits per heavy atom. The highest BCUT2D eigenvalue weighted by molar-refractivity contribution is 7.99. The van der Waals surface area contributed by atoms with E-state index in [0.29, 0.717) is 12.1 Å². The molecule has 18 heavy (non-hydrogen) atoms. The van der Waals surface area contributed by atoms with Gasteiger partial charge in [0.1, 0.15) is 0 Å². The van der Waals surface area contributed by atoms with Crippen molar-refractivity contribution >= 4 is 11.8 Å². The molecular formula is C15H24N2S. The highest BCUT2D eigenvalue weighted by atomic mass is 32.2. The van der Waals surface area contributed by atoms with Gasteiger partial charge in [-0.15, -0.1) is 11.8 Å². The molecule has 2 atom stereocenters. The van der Waals surface area contributed by atoms with Crippen molar-refractivity contribution in [3.8, 4) is 0 Å². The van der Waals surface area contributed by atoms with E-state index in [1.54, 1.807) is 0 Å². The summed E-state index contributed by atoms with van der Waals surface area (Å²) in [4.78, 5) is 1.37. The zero-order valence-corrected chi connectivity index (χ0v) is 12.0. The maximum Gasteiger partial charge on any atom is 0.0219 e. The summed E-state index contributed by atoms with van der Waals surface area (Å²) in [6, 6.07) is 9.85. The lowest BCUT2D eigenvalue weighted by molar-refractivity contribution is 0.479. The van der Waals surface area contributed by atoms with E-state index in [2.05, 4.69) is 36.5 Å². The second kappa shape index (κ2) is 7.17. The molecule has 2 nitrogen and oxygen atoms in total. The Balaban J connectivity index is 1.72. The summed E-state index contributed by atoms with van der Waals surface area (Å²) in [6.07, 6.45) is 4.80. The van der Waals surface area contributed by atoms with Crippen LogP contribution < -0.4 is 11.1 Å². The van der Waals surface area contributed by atoms with Crippen molar-refractivity contribution in [1.82, 2.24) is 5.32 Å². The van der Waals surface area contributed by atoms with Gasteiger partial charge in [-0.05, 0) is 49.3 Å². The van der Waals surface area contributed by atoms with E-state index >= 15 is 0 Å². The van der Waals surface area contributed by atoms with Gasteiger partial charge in [0.15, 0.2) is 0 Å². The first-order chi connectivity index (χ1) is 8.79. The lowest BCUT2D eigenvalue weighted by atomic mass is 10.1. The first-order valence-corrected chi connectivity index (χ1v) is 7.99. The predicted octanol–water partition coefficient (Wildman–Crippen LogP) is 2.81. The summed E-state index contributed by atoms with van der Waals surface area (Å²) < 4.78 is 0. The maximum atomic E-state index is 6.05. The highest BCUT2D eigenvalue weighted by Crippen LogP contribution is 2.18. The Kier molecular flexibility index (Phi) is 5.54. The summed E-state index contributed by atoms with van der Waals surface area (Å²) in [5, 5.41) is 3.59. The van der Waals surface area contributed by atoms with Gasteiger partial charge in [0.25, 0.3) is 0 Å². The molecule has 2 unspecified atom stereocenters. The highest BCUT2D eigenvalue weighted by Gasteiger charge is 2.22. The molecular weight excluding hydrogens is 240 g/mol. The average molecular weight is 264 g/mol. The van der Waals surface area contributed by atoms with Crippen LogP contribution in [0, 0.1) is 0 Å². The van der Waals surface area contributed by atoms with Gasteiger partial charge in [0, 0.05) is 17.0 Å². The van der Waals surface area contributed by atoms with Crippen LogP contribution in [-0.2, 0) is 6.42 Å². The van der Waals surface area contributed by atoms with Gasteiger partial charge in [0.05, 0.1) is 0 Å². The quantitative estimate of drug-likeness (QED) is 0.776. The monoisotopic (exact) mass is 264 g/mol. The number of hydrogen-bond donors (Lipinski definition) is 2. The van der Waals surface area contributed by atoms with E-state index in [4.69, 9.17) is 5.73 Å². The first-order valence-electron chi connectivity index (χ1n) is 7.00. The van der Waals surface area contributed by atoms with Crippen LogP contribution >= 0.6 is 11.8 Å². The van der Waals surface area contributed by atoms with E-state index in [1.807, 2.05) is 11.8 Å². The van der Waals surface area contributed by atoms with Crippen LogP contribution in [0.5, 0.6) is 0 Å². The summed E-state index contributed by atoms with van der Waals surface area (Å²) in [5.74, 6) is 1.14. The van der Waals surface area contributed by atoms with Crippen LogP contribution in [0.1, 0.15) is 31.7 Å². The molecule has 0 aliphatic heterocycles. The third-order valence-corrected chi connectivity index (χ3v) is 4.52. The molecule has 1 aliphatic carbocycles. The lowest BCUT2D eigenvalue weighted by Gasteiger charge is -2.17. The van der Waals surface area contributed by atoms with Crippen LogP contribution in [0.4, 0.5) is 0 Å². The molecule has 1 saturated carbocycles. The third-order valence-electron chi connectivity index (χ3n) is 3.62. The number of nitrogens with one attached hydrogen (secondary N) is 1. The second-order valence-electron chi connectivity index (χ2n) is 4.98. The maximum absolute atomic E-state index is 6.05. The number of nitrogens with two attached hydrogens (primary N) is 1. The van der Waals surface area contributed by atoms with Crippen molar-refractivity contribution in [2.45, 2.75) is 49.6 Å². The Hall–Kier alpha value is -0.510. The molecule has 3 heteroatoms. The number of thioether (sulfide) groups is 1. The summed E-state index contributed by atoms with van der Waals surface area (Å²) >= 11 is 1.90. The number of rotatable bonds is 6. The van der Waals surface area contributed by atoms with Gasteiger partial charge >= 0.3 is 0 Å². The zero-order chi connectivity index (χ0) is 12.8.